The number of aromatic nitrogens is 2. The molecule has 0 radical (unpaired) electrons. The van der Waals surface area contributed by atoms with E-state index in [0.717, 1.165) is 23.1 Å². The Labute approximate surface area is 186 Å². The zero-order valence-electron chi connectivity index (χ0n) is 17.8. The molecule has 0 fully saturated rings. The van der Waals surface area contributed by atoms with Gasteiger partial charge >= 0.3 is 0 Å². The van der Waals surface area contributed by atoms with Crippen molar-refractivity contribution in [2.45, 2.75) is 26.3 Å². The maximum absolute atomic E-state index is 12.8. The van der Waals surface area contributed by atoms with Gasteiger partial charge in [-0.15, -0.1) is 0 Å². The average molecular weight is 422 g/mol. The highest BCUT2D eigenvalue weighted by molar-refractivity contribution is 6.04. The standard InChI is InChI=1S/C27H23N3O2/c1-18-5-4-6-19(11-18)16-30-17-23(15-28-30)27(32)29-24-9-10-26(31)25(14-24)22-12-20-7-2-3-8-21(20)13-22/h2-9,11-12,14-15,17H,10,13,16H2,1H3,(H,29,32). The molecule has 0 spiro atoms. The van der Waals surface area contributed by atoms with Crippen molar-refractivity contribution in [1.29, 1.82) is 0 Å². The second kappa shape index (κ2) is 8.27. The van der Waals surface area contributed by atoms with Crippen molar-refractivity contribution in [1.82, 2.24) is 15.1 Å². The molecule has 1 aromatic heterocycles. The first-order chi connectivity index (χ1) is 15.5. The van der Waals surface area contributed by atoms with E-state index < -0.39 is 0 Å². The summed E-state index contributed by atoms with van der Waals surface area (Å²) in [6.45, 7) is 2.65. The summed E-state index contributed by atoms with van der Waals surface area (Å²) in [5.74, 6) is -0.159. The van der Waals surface area contributed by atoms with E-state index in [1.807, 2.05) is 24.3 Å². The van der Waals surface area contributed by atoms with E-state index >= 15 is 0 Å². The van der Waals surface area contributed by atoms with Crippen molar-refractivity contribution in [2.24, 2.45) is 0 Å². The van der Waals surface area contributed by atoms with E-state index in [1.165, 1.54) is 11.1 Å². The lowest BCUT2D eigenvalue weighted by atomic mass is 9.93. The van der Waals surface area contributed by atoms with Gasteiger partial charge in [-0.05, 0) is 41.7 Å². The molecule has 0 saturated carbocycles. The number of nitrogens with one attached hydrogen (secondary N) is 1. The quantitative estimate of drug-likeness (QED) is 0.664. The second-order valence-electron chi connectivity index (χ2n) is 8.26. The van der Waals surface area contributed by atoms with Crippen LogP contribution >= 0.6 is 0 Å². The molecule has 5 rings (SSSR count). The highest BCUT2D eigenvalue weighted by Crippen LogP contribution is 2.32. The maximum atomic E-state index is 12.8. The van der Waals surface area contributed by atoms with Crippen LogP contribution in [-0.4, -0.2) is 21.5 Å². The molecule has 2 aliphatic carbocycles. The molecule has 3 aromatic rings. The number of fused-ring (bicyclic) bond motifs is 1. The molecular formula is C27H23N3O2. The Morgan fingerprint density at radius 1 is 1.12 bits per heavy atom. The van der Waals surface area contributed by atoms with Crippen LogP contribution in [0.25, 0.3) is 6.08 Å². The molecule has 32 heavy (non-hydrogen) atoms. The monoisotopic (exact) mass is 421 g/mol. The maximum Gasteiger partial charge on any atom is 0.258 e. The Morgan fingerprint density at radius 3 is 2.84 bits per heavy atom. The van der Waals surface area contributed by atoms with Crippen molar-refractivity contribution < 1.29 is 9.59 Å². The van der Waals surface area contributed by atoms with Crippen LogP contribution in [0.1, 0.15) is 39.0 Å². The molecule has 158 valence electrons. The zero-order valence-corrected chi connectivity index (χ0v) is 17.8. The molecule has 1 N–H and O–H groups in total. The van der Waals surface area contributed by atoms with Crippen molar-refractivity contribution >= 4 is 17.8 Å². The van der Waals surface area contributed by atoms with Crippen LogP contribution in [0, 0.1) is 6.92 Å². The number of aryl methyl sites for hydroxylation is 1. The summed E-state index contributed by atoms with van der Waals surface area (Å²) in [7, 11) is 0. The number of hydrogen-bond acceptors (Lipinski definition) is 3. The predicted octanol–water partition coefficient (Wildman–Crippen LogP) is 4.39. The fraction of sp³-hybridized carbons (Fsp3) is 0.148. The van der Waals surface area contributed by atoms with Crippen LogP contribution < -0.4 is 5.32 Å². The summed E-state index contributed by atoms with van der Waals surface area (Å²) in [4.78, 5) is 25.3. The van der Waals surface area contributed by atoms with Crippen molar-refractivity contribution in [3.05, 3.63) is 118 Å². The third kappa shape index (κ3) is 4.10. The summed E-state index contributed by atoms with van der Waals surface area (Å²) in [5, 5.41) is 7.26. The van der Waals surface area contributed by atoms with Crippen LogP contribution in [0.15, 0.2) is 89.9 Å². The van der Waals surface area contributed by atoms with Gasteiger partial charge in [0.25, 0.3) is 5.91 Å². The second-order valence-corrected chi connectivity index (χ2v) is 8.26. The van der Waals surface area contributed by atoms with Gasteiger partial charge in [0.05, 0.1) is 18.3 Å². The number of benzene rings is 2. The van der Waals surface area contributed by atoms with Gasteiger partial charge < -0.3 is 5.32 Å². The van der Waals surface area contributed by atoms with Gasteiger partial charge in [0, 0.05) is 23.9 Å². The smallest absolute Gasteiger partial charge is 0.258 e. The largest absolute Gasteiger partial charge is 0.322 e. The molecule has 2 aromatic carbocycles. The van der Waals surface area contributed by atoms with Crippen LogP contribution in [0.4, 0.5) is 0 Å². The average Bonchev–Trinajstić information content (AvgIpc) is 3.42. The van der Waals surface area contributed by atoms with E-state index in [-0.39, 0.29) is 18.1 Å². The number of allylic oxidation sites excluding steroid dienone is 4. The number of Topliss-reactive ketones (excluding diaryl/α,β-unsaturated/α-hetero) is 1. The number of nitrogens with zero attached hydrogens (tertiary/aromatic N) is 2. The van der Waals surface area contributed by atoms with Gasteiger partial charge in [-0.25, -0.2) is 0 Å². The van der Waals surface area contributed by atoms with Crippen LogP contribution in [0.5, 0.6) is 0 Å². The number of carbonyl (C=O) groups excluding carboxylic acids is 2. The van der Waals surface area contributed by atoms with E-state index in [2.05, 4.69) is 47.7 Å². The van der Waals surface area contributed by atoms with Crippen LogP contribution in [-0.2, 0) is 17.8 Å². The Kier molecular flexibility index (Phi) is 5.15. The summed E-state index contributed by atoms with van der Waals surface area (Å²) in [5.41, 5.74) is 7.50. The molecule has 5 nitrogen and oxygen atoms in total. The summed E-state index contributed by atoms with van der Waals surface area (Å²) >= 11 is 0. The molecule has 1 amide bonds. The Morgan fingerprint density at radius 2 is 2.00 bits per heavy atom. The van der Waals surface area contributed by atoms with E-state index in [1.54, 1.807) is 29.2 Å². The minimum absolute atomic E-state index is 0.0769. The summed E-state index contributed by atoms with van der Waals surface area (Å²) in [6.07, 6.45) is 9.96. The van der Waals surface area contributed by atoms with Gasteiger partial charge in [-0.3, -0.25) is 14.3 Å². The van der Waals surface area contributed by atoms with Gasteiger partial charge in [0.2, 0.25) is 0 Å². The Hall–Kier alpha value is -3.99. The number of rotatable bonds is 5. The van der Waals surface area contributed by atoms with Gasteiger partial charge in [0.15, 0.2) is 5.78 Å². The Bertz CT molecular complexity index is 1320. The fourth-order valence-corrected chi connectivity index (χ4v) is 4.19. The molecule has 0 atom stereocenters. The first-order valence-electron chi connectivity index (χ1n) is 10.7. The van der Waals surface area contributed by atoms with Gasteiger partial charge in [0.1, 0.15) is 0 Å². The Balaban J connectivity index is 1.29. The molecule has 0 unspecified atom stereocenters. The van der Waals surface area contributed by atoms with E-state index in [9.17, 15) is 9.59 Å². The van der Waals surface area contributed by atoms with E-state index in [4.69, 9.17) is 0 Å². The molecular weight excluding hydrogens is 398 g/mol. The fourth-order valence-electron chi connectivity index (χ4n) is 4.19. The highest BCUT2D eigenvalue weighted by Gasteiger charge is 2.23. The SMILES string of the molecule is Cc1cccc(Cn2cc(C(=O)NC3=CCC(=O)C(C4=Cc5ccccc5C4)=C3)cn2)c1. The van der Waals surface area contributed by atoms with Gasteiger partial charge in [-0.2, -0.15) is 5.10 Å². The van der Waals surface area contributed by atoms with Crippen molar-refractivity contribution in [3.63, 3.8) is 0 Å². The summed E-state index contributed by atoms with van der Waals surface area (Å²) in [6, 6.07) is 16.4. The minimum atomic E-state index is -0.236. The lowest BCUT2D eigenvalue weighted by Crippen LogP contribution is -2.24. The third-order valence-electron chi connectivity index (χ3n) is 5.80. The molecule has 0 bridgehead atoms. The van der Waals surface area contributed by atoms with Crippen molar-refractivity contribution in [2.75, 3.05) is 0 Å². The zero-order chi connectivity index (χ0) is 22.1. The minimum Gasteiger partial charge on any atom is -0.322 e. The van der Waals surface area contributed by atoms with Crippen LogP contribution in [0.3, 0.4) is 0 Å². The normalized spacial score (nSPS) is 15.0. The predicted molar refractivity (Wildman–Crippen MR) is 124 cm³/mol. The van der Waals surface area contributed by atoms with Crippen molar-refractivity contribution in [3.8, 4) is 0 Å². The van der Waals surface area contributed by atoms with E-state index in [0.29, 0.717) is 23.4 Å². The molecule has 0 saturated heterocycles. The number of ketones is 1. The lowest BCUT2D eigenvalue weighted by molar-refractivity contribution is -0.114. The highest BCUT2D eigenvalue weighted by atomic mass is 16.1. The number of carbonyl (C=O) groups is 2. The molecule has 0 aliphatic heterocycles. The first kappa shape index (κ1) is 19.9. The topological polar surface area (TPSA) is 64.0 Å². The molecule has 5 heteroatoms. The lowest BCUT2D eigenvalue weighted by Gasteiger charge is -2.14. The first-order valence-corrected chi connectivity index (χ1v) is 10.7. The molecule has 2 aliphatic rings. The third-order valence-corrected chi connectivity index (χ3v) is 5.80. The number of amides is 1. The summed E-state index contributed by atoms with van der Waals surface area (Å²) < 4.78 is 1.75. The van der Waals surface area contributed by atoms with Gasteiger partial charge in [-0.1, -0.05) is 66.2 Å². The molecule has 1 heterocycles. The van der Waals surface area contributed by atoms with Crippen LogP contribution in [0.2, 0.25) is 0 Å². The number of hydrogen-bond donors (Lipinski definition) is 1.